The molecule has 1 saturated heterocycles. The first-order chi connectivity index (χ1) is 8.74. The molecule has 104 valence electrons. The van der Waals surface area contributed by atoms with Crippen LogP contribution in [0.25, 0.3) is 0 Å². The molecule has 2 saturated carbocycles. The van der Waals surface area contributed by atoms with Crippen LogP contribution in [0.4, 0.5) is 0 Å². The molecule has 2 heteroatoms. The fourth-order valence-corrected chi connectivity index (χ4v) is 4.58. The molecule has 3 atom stereocenters. The van der Waals surface area contributed by atoms with E-state index in [0.717, 1.165) is 30.4 Å². The van der Waals surface area contributed by atoms with Gasteiger partial charge in [-0.3, -0.25) is 0 Å². The van der Waals surface area contributed by atoms with Crippen LogP contribution in [0.2, 0.25) is 0 Å². The van der Waals surface area contributed by atoms with E-state index in [0.29, 0.717) is 0 Å². The van der Waals surface area contributed by atoms with Crippen molar-refractivity contribution in [3.63, 3.8) is 0 Å². The summed E-state index contributed by atoms with van der Waals surface area (Å²) in [5.74, 6) is 2.71. The Morgan fingerprint density at radius 2 is 1.83 bits per heavy atom. The zero-order chi connectivity index (χ0) is 12.6. The first kappa shape index (κ1) is 12.9. The van der Waals surface area contributed by atoms with E-state index in [1.54, 1.807) is 0 Å². The Hall–Kier alpha value is -0.0800. The zero-order valence-corrected chi connectivity index (χ0v) is 12.1. The largest absolute Gasteiger partial charge is 0.375 e. The van der Waals surface area contributed by atoms with Gasteiger partial charge in [0.2, 0.25) is 0 Å². The highest BCUT2D eigenvalue weighted by Gasteiger charge is 2.44. The molecule has 18 heavy (non-hydrogen) atoms. The Kier molecular flexibility index (Phi) is 3.68. The number of nitrogens with one attached hydrogen (secondary N) is 1. The summed E-state index contributed by atoms with van der Waals surface area (Å²) in [6, 6.07) is 0.721. The number of rotatable bonds is 4. The van der Waals surface area contributed by atoms with Gasteiger partial charge in [-0.25, -0.2) is 0 Å². The highest BCUT2D eigenvalue weighted by molar-refractivity contribution is 4.97. The first-order valence-electron chi connectivity index (χ1n) is 8.05. The second-order valence-electron chi connectivity index (χ2n) is 7.00. The van der Waals surface area contributed by atoms with Crippen molar-refractivity contribution in [1.82, 2.24) is 5.32 Å². The van der Waals surface area contributed by atoms with Crippen LogP contribution in [-0.4, -0.2) is 25.3 Å². The van der Waals surface area contributed by atoms with Crippen molar-refractivity contribution in [2.45, 2.75) is 69.9 Å². The van der Waals surface area contributed by atoms with Gasteiger partial charge in [-0.2, -0.15) is 0 Å². The minimum Gasteiger partial charge on any atom is -0.375 e. The molecule has 0 bridgehead atoms. The van der Waals surface area contributed by atoms with Crippen LogP contribution < -0.4 is 5.32 Å². The molecule has 1 spiro atoms. The van der Waals surface area contributed by atoms with Gasteiger partial charge in [0.25, 0.3) is 0 Å². The summed E-state index contributed by atoms with van der Waals surface area (Å²) >= 11 is 0. The van der Waals surface area contributed by atoms with Crippen molar-refractivity contribution in [2.24, 2.45) is 17.8 Å². The predicted octanol–water partition coefficient (Wildman–Crippen LogP) is 3.36. The van der Waals surface area contributed by atoms with Gasteiger partial charge >= 0.3 is 0 Å². The van der Waals surface area contributed by atoms with Crippen LogP contribution >= 0.6 is 0 Å². The molecule has 3 aliphatic rings. The SMILES string of the molecule is CNC(C1CCOC2(CCCC2)C1)C(C)C1CC1. The molecule has 3 unspecified atom stereocenters. The molecule has 1 aliphatic heterocycles. The summed E-state index contributed by atoms with van der Waals surface area (Å²) in [4.78, 5) is 0. The minimum atomic E-state index is 0.279. The van der Waals surface area contributed by atoms with Crippen LogP contribution in [-0.2, 0) is 4.74 Å². The Morgan fingerprint density at radius 1 is 1.11 bits per heavy atom. The van der Waals surface area contributed by atoms with Crippen molar-refractivity contribution in [3.05, 3.63) is 0 Å². The van der Waals surface area contributed by atoms with Crippen molar-refractivity contribution in [1.29, 1.82) is 0 Å². The van der Waals surface area contributed by atoms with Gasteiger partial charge in [-0.15, -0.1) is 0 Å². The van der Waals surface area contributed by atoms with Gasteiger partial charge < -0.3 is 10.1 Å². The average Bonchev–Trinajstić information content (AvgIpc) is 3.14. The van der Waals surface area contributed by atoms with E-state index >= 15 is 0 Å². The van der Waals surface area contributed by atoms with Gasteiger partial charge in [0.05, 0.1) is 5.60 Å². The maximum atomic E-state index is 6.18. The van der Waals surface area contributed by atoms with E-state index in [-0.39, 0.29) is 5.60 Å². The van der Waals surface area contributed by atoms with E-state index in [9.17, 15) is 0 Å². The molecule has 1 heterocycles. The van der Waals surface area contributed by atoms with E-state index in [2.05, 4.69) is 19.3 Å². The Bertz CT molecular complexity index is 281. The summed E-state index contributed by atoms with van der Waals surface area (Å²) in [6.45, 7) is 3.47. The van der Waals surface area contributed by atoms with Crippen LogP contribution in [0.5, 0.6) is 0 Å². The average molecular weight is 251 g/mol. The molecule has 3 fully saturated rings. The van der Waals surface area contributed by atoms with Crippen molar-refractivity contribution >= 4 is 0 Å². The quantitative estimate of drug-likeness (QED) is 0.827. The molecule has 1 N–H and O–H groups in total. The van der Waals surface area contributed by atoms with E-state index in [1.165, 1.54) is 51.4 Å². The number of hydrogen-bond donors (Lipinski definition) is 1. The molecule has 0 aromatic rings. The van der Waals surface area contributed by atoms with Crippen molar-refractivity contribution in [2.75, 3.05) is 13.7 Å². The minimum absolute atomic E-state index is 0.279. The van der Waals surface area contributed by atoms with Crippen molar-refractivity contribution < 1.29 is 4.74 Å². The van der Waals surface area contributed by atoms with Gasteiger partial charge in [0.1, 0.15) is 0 Å². The van der Waals surface area contributed by atoms with Gasteiger partial charge in [0.15, 0.2) is 0 Å². The summed E-state index contributed by atoms with van der Waals surface area (Å²) in [5, 5.41) is 3.64. The Balaban J connectivity index is 1.66. The predicted molar refractivity (Wildman–Crippen MR) is 74.6 cm³/mol. The smallest absolute Gasteiger partial charge is 0.0685 e. The summed E-state index contributed by atoms with van der Waals surface area (Å²) < 4.78 is 6.18. The fourth-order valence-electron chi connectivity index (χ4n) is 4.58. The van der Waals surface area contributed by atoms with E-state index in [1.807, 2.05) is 0 Å². The molecule has 0 aromatic heterocycles. The molecular weight excluding hydrogens is 222 g/mol. The summed E-state index contributed by atoms with van der Waals surface area (Å²) in [5.41, 5.74) is 0.279. The first-order valence-corrected chi connectivity index (χ1v) is 8.05. The summed E-state index contributed by atoms with van der Waals surface area (Å²) in [7, 11) is 2.17. The van der Waals surface area contributed by atoms with Crippen LogP contribution in [0.3, 0.4) is 0 Å². The lowest BCUT2D eigenvalue weighted by molar-refractivity contribution is -0.101. The third-order valence-corrected chi connectivity index (χ3v) is 5.82. The molecule has 2 aliphatic carbocycles. The van der Waals surface area contributed by atoms with Gasteiger partial charge in [-0.1, -0.05) is 19.8 Å². The standard InChI is InChI=1S/C16H29NO/c1-12(13-5-6-13)15(17-2)14-7-10-18-16(11-14)8-3-4-9-16/h12-15,17H,3-11H2,1-2H3. The molecular formula is C16H29NO. The normalized spacial score (nSPS) is 34.7. The lowest BCUT2D eigenvalue weighted by Crippen LogP contribution is -2.47. The van der Waals surface area contributed by atoms with Crippen molar-refractivity contribution in [3.8, 4) is 0 Å². The van der Waals surface area contributed by atoms with E-state index in [4.69, 9.17) is 4.74 Å². The topological polar surface area (TPSA) is 21.3 Å². The Labute approximate surface area is 112 Å². The third-order valence-electron chi connectivity index (χ3n) is 5.82. The molecule has 0 radical (unpaired) electrons. The number of hydrogen-bond acceptors (Lipinski definition) is 2. The maximum absolute atomic E-state index is 6.18. The van der Waals surface area contributed by atoms with Crippen LogP contribution in [0.15, 0.2) is 0 Å². The molecule has 3 rings (SSSR count). The molecule has 2 nitrogen and oxygen atoms in total. The monoisotopic (exact) mass is 251 g/mol. The zero-order valence-electron chi connectivity index (χ0n) is 12.1. The molecule has 0 aromatic carbocycles. The van der Waals surface area contributed by atoms with Crippen LogP contribution in [0.1, 0.15) is 58.3 Å². The lowest BCUT2D eigenvalue weighted by Gasteiger charge is -2.43. The second-order valence-corrected chi connectivity index (χ2v) is 7.00. The lowest BCUT2D eigenvalue weighted by atomic mass is 9.76. The fraction of sp³-hybridized carbons (Fsp3) is 1.00. The van der Waals surface area contributed by atoms with Gasteiger partial charge in [0, 0.05) is 12.6 Å². The summed E-state index contributed by atoms with van der Waals surface area (Å²) in [6.07, 6.45) is 10.9. The van der Waals surface area contributed by atoms with Gasteiger partial charge in [-0.05, 0) is 63.3 Å². The Morgan fingerprint density at radius 3 is 2.44 bits per heavy atom. The molecule has 0 amide bonds. The highest BCUT2D eigenvalue weighted by atomic mass is 16.5. The second kappa shape index (κ2) is 5.13. The van der Waals surface area contributed by atoms with Crippen LogP contribution in [0, 0.1) is 17.8 Å². The number of ether oxygens (including phenoxy) is 1. The van der Waals surface area contributed by atoms with E-state index < -0.39 is 0 Å². The maximum Gasteiger partial charge on any atom is 0.0685 e. The third kappa shape index (κ3) is 2.46. The highest BCUT2D eigenvalue weighted by Crippen LogP contribution is 2.46.